The summed E-state index contributed by atoms with van der Waals surface area (Å²) in [6, 6.07) is 18.6. The Hall–Kier alpha value is -3.42. The highest BCUT2D eigenvalue weighted by atomic mass is 35.5. The Labute approximate surface area is 190 Å². The Morgan fingerprint density at radius 3 is 2.22 bits per heavy atom. The van der Waals surface area contributed by atoms with Crippen LogP contribution in [0, 0.1) is 11.2 Å². The molecule has 0 aliphatic heterocycles. The Kier molecular flexibility index (Phi) is 7.45. The number of amides is 1. The van der Waals surface area contributed by atoms with Crippen LogP contribution < -0.4 is 10.5 Å². The van der Waals surface area contributed by atoms with Crippen molar-refractivity contribution in [3.05, 3.63) is 89.2 Å². The van der Waals surface area contributed by atoms with Gasteiger partial charge in [-0.05, 0) is 34.9 Å². The highest BCUT2D eigenvalue weighted by molar-refractivity contribution is 6.21. The second kappa shape index (κ2) is 10.3. The molecule has 0 fully saturated rings. The SMILES string of the molecule is COc1ccc(-c2ccc(C(OC)C(=O)N(Cl)Cc3ccc(C(=N)N)cc3)c(F)c2)cc1. The van der Waals surface area contributed by atoms with E-state index in [9.17, 15) is 9.18 Å². The van der Waals surface area contributed by atoms with Gasteiger partial charge in [-0.2, -0.15) is 0 Å². The van der Waals surface area contributed by atoms with Crippen LogP contribution in [0.25, 0.3) is 11.1 Å². The number of hydrogen-bond acceptors (Lipinski definition) is 4. The minimum Gasteiger partial charge on any atom is -0.497 e. The van der Waals surface area contributed by atoms with Gasteiger partial charge in [0.25, 0.3) is 5.91 Å². The first-order chi connectivity index (χ1) is 15.3. The van der Waals surface area contributed by atoms with Crippen LogP contribution in [-0.4, -0.2) is 30.4 Å². The third kappa shape index (κ3) is 5.25. The van der Waals surface area contributed by atoms with Gasteiger partial charge in [-0.1, -0.05) is 48.5 Å². The van der Waals surface area contributed by atoms with Crippen LogP contribution in [0.2, 0.25) is 0 Å². The topological polar surface area (TPSA) is 88.6 Å². The van der Waals surface area contributed by atoms with E-state index in [1.54, 1.807) is 49.6 Å². The van der Waals surface area contributed by atoms with E-state index in [2.05, 4.69) is 0 Å². The molecule has 0 saturated carbocycles. The number of nitrogen functional groups attached to an aromatic ring is 1. The third-order valence-corrected chi connectivity index (χ3v) is 5.28. The van der Waals surface area contributed by atoms with Crippen LogP contribution in [0.1, 0.15) is 22.8 Å². The van der Waals surface area contributed by atoms with Crippen molar-refractivity contribution in [1.82, 2.24) is 4.42 Å². The number of ether oxygens (including phenoxy) is 2. The van der Waals surface area contributed by atoms with Crippen LogP contribution in [0.15, 0.2) is 66.7 Å². The summed E-state index contributed by atoms with van der Waals surface area (Å²) in [6.45, 7) is 0.0734. The summed E-state index contributed by atoms with van der Waals surface area (Å²) >= 11 is 6.20. The first-order valence-corrected chi connectivity index (χ1v) is 10.0. The average molecular weight is 456 g/mol. The van der Waals surface area contributed by atoms with Crippen molar-refractivity contribution in [2.75, 3.05) is 14.2 Å². The predicted molar refractivity (Wildman–Crippen MR) is 122 cm³/mol. The fourth-order valence-electron chi connectivity index (χ4n) is 3.22. The number of nitrogens with zero attached hydrogens (tertiary/aromatic N) is 1. The maximum absolute atomic E-state index is 14.9. The lowest BCUT2D eigenvalue weighted by Crippen LogP contribution is -2.29. The number of hydrogen-bond donors (Lipinski definition) is 2. The third-order valence-electron chi connectivity index (χ3n) is 4.99. The largest absolute Gasteiger partial charge is 0.497 e. The Morgan fingerprint density at radius 1 is 1.06 bits per heavy atom. The molecule has 0 radical (unpaired) electrons. The maximum atomic E-state index is 14.9. The van der Waals surface area contributed by atoms with E-state index < -0.39 is 17.8 Å². The summed E-state index contributed by atoms with van der Waals surface area (Å²) in [5.74, 6) is -0.521. The van der Waals surface area contributed by atoms with Gasteiger partial charge in [0.2, 0.25) is 0 Å². The number of carbonyl (C=O) groups is 1. The van der Waals surface area contributed by atoms with Crippen LogP contribution in [0.4, 0.5) is 4.39 Å². The maximum Gasteiger partial charge on any atom is 0.271 e. The molecule has 0 bridgehead atoms. The van der Waals surface area contributed by atoms with Gasteiger partial charge in [-0.15, -0.1) is 0 Å². The highest BCUT2D eigenvalue weighted by Gasteiger charge is 2.28. The predicted octanol–water partition coefficient (Wildman–Crippen LogP) is 4.66. The van der Waals surface area contributed by atoms with E-state index in [1.165, 1.54) is 19.2 Å². The molecule has 0 spiro atoms. The van der Waals surface area contributed by atoms with Crippen molar-refractivity contribution < 1.29 is 18.7 Å². The number of benzene rings is 3. The van der Waals surface area contributed by atoms with Crippen LogP contribution >= 0.6 is 11.8 Å². The molecular weight excluding hydrogens is 433 g/mol. The van der Waals surface area contributed by atoms with Crippen LogP contribution in [0.3, 0.4) is 0 Å². The zero-order valence-electron chi connectivity index (χ0n) is 17.6. The molecule has 32 heavy (non-hydrogen) atoms. The number of nitrogens with one attached hydrogen (secondary N) is 1. The summed E-state index contributed by atoms with van der Waals surface area (Å²) in [5, 5.41) is 7.43. The van der Waals surface area contributed by atoms with Crippen molar-refractivity contribution in [2.45, 2.75) is 12.6 Å². The molecule has 0 saturated heterocycles. The smallest absolute Gasteiger partial charge is 0.271 e. The summed E-state index contributed by atoms with van der Waals surface area (Å²) in [6.07, 6.45) is -1.20. The van der Waals surface area contributed by atoms with Gasteiger partial charge in [0, 0.05) is 30.0 Å². The number of nitrogens with two attached hydrogens (primary N) is 1. The summed E-state index contributed by atoms with van der Waals surface area (Å²) in [7, 11) is 2.90. The molecular formula is C24H23ClFN3O3. The second-order valence-electron chi connectivity index (χ2n) is 7.05. The molecule has 0 aliphatic carbocycles. The molecule has 0 aliphatic rings. The monoisotopic (exact) mass is 455 g/mol. The average Bonchev–Trinajstić information content (AvgIpc) is 2.80. The molecule has 3 aromatic rings. The highest BCUT2D eigenvalue weighted by Crippen LogP contribution is 2.29. The van der Waals surface area contributed by atoms with E-state index in [4.69, 9.17) is 32.4 Å². The van der Waals surface area contributed by atoms with E-state index in [-0.39, 0.29) is 17.9 Å². The quantitative estimate of drug-likeness (QED) is 0.294. The molecule has 6 nitrogen and oxygen atoms in total. The molecule has 166 valence electrons. The van der Waals surface area contributed by atoms with Crippen molar-refractivity contribution in [3.63, 3.8) is 0 Å². The lowest BCUT2D eigenvalue weighted by molar-refractivity contribution is -0.138. The van der Waals surface area contributed by atoms with Gasteiger partial charge in [0.1, 0.15) is 17.4 Å². The number of amidine groups is 1. The first-order valence-electron chi connectivity index (χ1n) is 9.71. The molecule has 1 unspecified atom stereocenters. The Bertz CT molecular complexity index is 1100. The first kappa shape index (κ1) is 23.2. The fraction of sp³-hybridized carbons (Fsp3) is 0.167. The Balaban J connectivity index is 1.77. The van der Waals surface area contributed by atoms with E-state index in [1.807, 2.05) is 12.1 Å². The van der Waals surface area contributed by atoms with Crippen molar-refractivity contribution >= 4 is 23.5 Å². The molecule has 0 heterocycles. The van der Waals surface area contributed by atoms with Crippen molar-refractivity contribution in [1.29, 1.82) is 5.41 Å². The van der Waals surface area contributed by atoms with Gasteiger partial charge in [0.15, 0.2) is 6.10 Å². The molecule has 0 aromatic heterocycles. The van der Waals surface area contributed by atoms with E-state index in [0.29, 0.717) is 16.9 Å². The van der Waals surface area contributed by atoms with Gasteiger partial charge >= 0.3 is 0 Å². The molecule has 8 heteroatoms. The molecule has 1 amide bonds. The van der Waals surface area contributed by atoms with Gasteiger partial charge in [-0.3, -0.25) is 10.2 Å². The van der Waals surface area contributed by atoms with Crippen molar-refractivity contribution in [2.24, 2.45) is 5.73 Å². The zero-order valence-corrected chi connectivity index (χ0v) is 18.4. The normalized spacial score (nSPS) is 11.6. The van der Waals surface area contributed by atoms with Gasteiger partial charge < -0.3 is 15.2 Å². The summed E-state index contributed by atoms with van der Waals surface area (Å²) in [4.78, 5) is 12.9. The fourth-order valence-corrected chi connectivity index (χ4v) is 3.45. The molecule has 1 atom stereocenters. The molecule has 3 rings (SSSR count). The zero-order chi connectivity index (χ0) is 23.3. The second-order valence-corrected chi connectivity index (χ2v) is 7.46. The molecule has 3 N–H and O–H groups in total. The minimum absolute atomic E-state index is 0.0524. The summed E-state index contributed by atoms with van der Waals surface area (Å²) in [5.41, 5.74) is 8.29. The number of rotatable bonds is 8. The van der Waals surface area contributed by atoms with E-state index in [0.717, 1.165) is 15.5 Å². The standard InChI is InChI=1S/C24H23ClFN3O3/c1-31-19-10-7-16(8-11-19)18-9-12-20(21(26)13-18)22(32-2)24(30)29(25)14-15-3-5-17(6-4-15)23(27)28/h3-13,22H,14H2,1-2H3,(H3,27,28). The lowest BCUT2D eigenvalue weighted by atomic mass is 10.0. The number of carbonyl (C=O) groups excluding carboxylic acids is 1. The minimum atomic E-state index is -1.20. The van der Waals surface area contributed by atoms with Gasteiger partial charge in [0.05, 0.1) is 13.7 Å². The van der Waals surface area contributed by atoms with Crippen LogP contribution in [0.5, 0.6) is 5.75 Å². The number of halogens is 2. The van der Waals surface area contributed by atoms with Crippen molar-refractivity contribution in [3.8, 4) is 16.9 Å². The lowest BCUT2D eigenvalue weighted by Gasteiger charge is -2.21. The number of methoxy groups -OCH3 is 2. The molecule has 3 aromatic carbocycles. The van der Waals surface area contributed by atoms with Crippen LogP contribution in [-0.2, 0) is 16.1 Å². The summed E-state index contributed by atoms with van der Waals surface area (Å²) < 4.78 is 26.3. The van der Waals surface area contributed by atoms with E-state index >= 15 is 0 Å². The van der Waals surface area contributed by atoms with Gasteiger partial charge in [-0.25, -0.2) is 8.81 Å². The Morgan fingerprint density at radius 2 is 1.69 bits per heavy atom.